The molecule has 2 heterocycles. The van der Waals surface area contributed by atoms with Crippen molar-refractivity contribution in [1.29, 1.82) is 0 Å². The van der Waals surface area contributed by atoms with Gasteiger partial charge in [-0.1, -0.05) is 13.8 Å². The minimum Gasteiger partial charge on any atom is -0.301 e. The summed E-state index contributed by atoms with van der Waals surface area (Å²) in [6.45, 7) is 11.1. The Hall–Kier alpha value is -0.990. The molecule has 7 nitrogen and oxygen atoms in total. The molecule has 2 saturated heterocycles. The van der Waals surface area contributed by atoms with Crippen LogP contribution in [0.2, 0.25) is 0 Å². The Bertz CT molecular complexity index is 651. The van der Waals surface area contributed by atoms with Gasteiger partial charge >= 0.3 is 0 Å². The molecule has 0 aromatic heterocycles. The second kappa shape index (κ2) is 7.56. The molecule has 150 valence electrons. The third-order valence-electron chi connectivity index (χ3n) is 5.85. The van der Waals surface area contributed by atoms with Gasteiger partial charge in [-0.25, -0.2) is 8.42 Å². The maximum Gasteiger partial charge on any atom is 0.248 e. The standard InChI is InChI=1S/C18H33N3O4S/c1-7-26(24,25)19(6)16-17(23)21(15(22)12-18(16,4)5)14-8-10-20(11-9-14)13(2)3/h13-14,16H,7-12H2,1-6H3. The second-order valence-electron chi connectivity index (χ2n) is 8.45. The lowest BCUT2D eigenvalue weighted by Gasteiger charge is -2.48. The summed E-state index contributed by atoms with van der Waals surface area (Å²) in [6.07, 6.45) is 1.66. The summed E-state index contributed by atoms with van der Waals surface area (Å²) in [7, 11) is -2.07. The van der Waals surface area contributed by atoms with E-state index in [0.29, 0.717) is 6.04 Å². The molecule has 2 fully saturated rings. The van der Waals surface area contributed by atoms with Crippen molar-refractivity contribution in [3.05, 3.63) is 0 Å². The Morgan fingerprint density at radius 1 is 1.19 bits per heavy atom. The molecule has 2 aliphatic rings. The summed E-state index contributed by atoms with van der Waals surface area (Å²) < 4.78 is 25.9. The highest BCUT2D eigenvalue weighted by Crippen LogP contribution is 2.38. The van der Waals surface area contributed by atoms with Crippen LogP contribution < -0.4 is 0 Å². The first-order valence-corrected chi connectivity index (χ1v) is 11.1. The van der Waals surface area contributed by atoms with E-state index in [1.54, 1.807) is 20.8 Å². The first-order chi connectivity index (χ1) is 11.9. The van der Waals surface area contributed by atoms with Crippen molar-refractivity contribution in [2.45, 2.75) is 72.0 Å². The average Bonchev–Trinajstić information content (AvgIpc) is 2.53. The quantitative estimate of drug-likeness (QED) is 0.665. The minimum atomic E-state index is -3.53. The number of rotatable bonds is 5. The van der Waals surface area contributed by atoms with Crippen LogP contribution in [0.3, 0.4) is 0 Å². The molecule has 0 saturated carbocycles. The summed E-state index contributed by atoms with van der Waals surface area (Å²) >= 11 is 0. The summed E-state index contributed by atoms with van der Waals surface area (Å²) in [5.74, 6) is -0.611. The first kappa shape index (κ1) is 21.3. The number of likely N-dealkylation sites (tertiary alicyclic amines) is 2. The van der Waals surface area contributed by atoms with Crippen LogP contribution in [0.25, 0.3) is 0 Å². The molecule has 0 radical (unpaired) electrons. The maximum atomic E-state index is 13.3. The van der Waals surface area contributed by atoms with Gasteiger partial charge < -0.3 is 4.90 Å². The fourth-order valence-electron chi connectivity index (χ4n) is 4.22. The van der Waals surface area contributed by atoms with E-state index < -0.39 is 21.5 Å². The number of sulfonamides is 1. The first-order valence-electron chi connectivity index (χ1n) is 9.48. The van der Waals surface area contributed by atoms with Gasteiger partial charge in [0.25, 0.3) is 0 Å². The molecule has 8 heteroatoms. The smallest absolute Gasteiger partial charge is 0.248 e. The van der Waals surface area contributed by atoms with E-state index >= 15 is 0 Å². The highest BCUT2D eigenvalue weighted by molar-refractivity contribution is 7.89. The Morgan fingerprint density at radius 3 is 2.19 bits per heavy atom. The van der Waals surface area contributed by atoms with Crippen LogP contribution in [-0.2, 0) is 19.6 Å². The molecule has 0 aromatic carbocycles. The number of hydrogen-bond donors (Lipinski definition) is 0. The van der Waals surface area contributed by atoms with Crippen molar-refractivity contribution in [1.82, 2.24) is 14.1 Å². The topological polar surface area (TPSA) is 78.0 Å². The molecule has 2 amide bonds. The van der Waals surface area contributed by atoms with Gasteiger partial charge in [0.2, 0.25) is 21.8 Å². The molecule has 26 heavy (non-hydrogen) atoms. The van der Waals surface area contributed by atoms with Gasteiger partial charge in [0.1, 0.15) is 6.04 Å². The molecule has 2 rings (SSSR count). The largest absolute Gasteiger partial charge is 0.301 e. The minimum absolute atomic E-state index is 0.0654. The fourth-order valence-corrected chi connectivity index (χ4v) is 5.32. The fraction of sp³-hybridized carbons (Fsp3) is 0.889. The van der Waals surface area contributed by atoms with Gasteiger partial charge in [-0.3, -0.25) is 14.5 Å². The molecular weight excluding hydrogens is 354 g/mol. The van der Waals surface area contributed by atoms with Gasteiger partial charge in [0.15, 0.2) is 0 Å². The van der Waals surface area contributed by atoms with Crippen LogP contribution in [0.5, 0.6) is 0 Å². The van der Waals surface area contributed by atoms with Crippen molar-refractivity contribution < 1.29 is 18.0 Å². The van der Waals surface area contributed by atoms with Crippen molar-refractivity contribution >= 4 is 21.8 Å². The highest BCUT2D eigenvalue weighted by atomic mass is 32.2. The third kappa shape index (κ3) is 3.97. The van der Waals surface area contributed by atoms with Crippen molar-refractivity contribution in [2.24, 2.45) is 5.41 Å². The Morgan fingerprint density at radius 2 is 1.73 bits per heavy atom. The highest BCUT2D eigenvalue weighted by Gasteiger charge is 2.52. The van der Waals surface area contributed by atoms with E-state index in [2.05, 4.69) is 18.7 Å². The van der Waals surface area contributed by atoms with Crippen LogP contribution in [-0.4, -0.2) is 78.4 Å². The van der Waals surface area contributed by atoms with Crippen LogP contribution in [0.4, 0.5) is 0 Å². The zero-order chi connectivity index (χ0) is 19.9. The number of carbonyl (C=O) groups excluding carboxylic acids is 2. The number of imide groups is 1. The van der Waals surface area contributed by atoms with Gasteiger partial charge in [-0.05, 0) is 39.0 Å². The van der Waals surface area contributed by atoms with Crippen molar-refractivity contribution in [2.75, 3.05) is 25.9 Å². The lowest BCUT2D eigenvalue weighted by atomic mass is 9.76. The molecule has 2 aliphatic heterocycles. The van der Waals surface area contributed by atoms with E-state index in [4.69, 9.17) is 0 Å². The van der Waals surface area contributed by atoms with Gasteiger partial charge in [-0.15, -0.1) is 0 Å². The van der Waals surface area contributed by atoms with Gasteiger partial charge in [-0.2, -0.15) is 4.31 Å². The summed E-state index contributed by atoms with van der Waals surface area (Å²) in [6, 6.07) is -0.536. The number of carbonyl (C=O) groups is 2. The molecule has 0 aromatic rings. The molecule has 0 N–H and O–H groups in total. The predicted molar refractivity (Wildman–Crippen MR) is 101 cm³/mol. The van der Waals surface area contributed by atoms with Crippen molar-refractivity contribution in [3.8, 4) is 0 Å². The Balaban J connectivity index is 2.27. The second-order valence-corrected chi connectivity index (χ2v) is 10.8. The summed E-state index contributed by atoms with van der Waals surface area (Å²) in [5, 5.41) is 0. The monoisotopic (exact) mass is 387 g/mol. The van der Waals surface area contributed by atoms with Gasteiger partial charge in [0, 0.05) is 38.6 Å². The zero-order valence-electron chi connectivity index (χ0n) is 16.9. The maximum absolute atomic E-state index is 13.3. The SMILES string of the molecule is CCS(=O)(=O)N(C)C1C(=O)N(C2CCN(C(C)C)CC2)C(=O)CC1(C)C. The van der Waals surface area contributed by atoms with Gasteiger partial charge in [0.05, 0.1) is 5.75 Å². The zero-order valence-corrected chi connectivity index (χ0v) is 17.7. The number of hydrogen-bond acceptors (Lipinski definition) is 5. The third-order valence-corrected chi connectivity index (χ3v) is 7.67. The normalized spacial score (nSPS) is 26.2. The lowest BCUT2D eigenvalue weighted by Crippen LogP contribution is -2.65. The molecular formula is C18H33N3O4S. The van der Waals surface area contributed by atoms with E-state index in [-0.39, 0.29) is 30.0 Å². The number of nitrogens with zero attached hydrogens (tertiary/aromatic N) is 3. The molecule has 1 atom stereocenters. The van der Waals surface area contributed by atoms with Crippen LogP contribution in [0.1, 0.15) is 53.9 Å². The predicted octanol–water partition coefficient (Wildman–Crippen LogP) is 1.29. The summed E-state index contributed by atoms with van der Waals surface area (Å²) in [5.41, 5.74) is -0.722. The van der Waals surface area contributed by atoms with E-state index in [0.717, 1.165) is 25.9 Å². The Kier molecular flexibility index (Phi) is 6.20. The van der Waals surface area contributed by atoms with Crippen LogP contribution in [0, 0.1) is 5.41 Å². The summed E-state index contributed by atoms with van der Waals surface area (Å²) in [4.78, 5) is 29.7. The Labute approximate surface area is 157 Å². The average molecular weight is 388 g/mol. The number of amides is 2. The van der Waals surface area contributed by atoms with Crippen LogP contribution >= 0.6 is 0 Å². The number of likely N-dealkylation sites (N-methyl/N-ethyl adjacent to an activating group) is 1. The molecule has 0 bridgehead atoms. The molecule has 0 aliphatic carbocycles. The number of piperidine rings is 2. The van der Waals surface area contributed by atoms with E-state index in [9.17, 15) is 18.0 Å². The van der Waals surface area contributed by atoms with Crippen LogP contribution in [0.15, 0.2) is 0 Å². The van der Waals surface area contributed by atoms with E-state index in [1.807, 2.05) is 0 Å². The molecule has 1 unspecified atom stereocenters. The van der Waals surface area contributed by atoms with E-state index in [1.165, 1.54) is 16.3 Å². The molecule has 0 spiro atoms. The lowest BCUT2D eigenvalue weighted by molar-refractivity contribution is -0.161. The van der Waals surface area contributed by atoms with Crippen molar-refractivity contribution in [3.63, 3.8) is 0 Å².